The van der Waals surface area contributed by atoms with E-state index in [-0.39, 0.29) is 5.54 Å². The predicted molar refractivity (Wildman–Crippen MR) is 82.2 cm³/mol. The predicted octanol–water partition coefficient (Wildman–Crippen LogP) is 3.25. The van der Waals surface area contributed by atoms with Gasteiger partial charge < -0.3 is 10.6 Å². The van der Waals surface area contributed by atoms with Gasteiger partial charge in [0.2, 0.25) is 0 Å². The summed E-state index contributed by atoms with van der Waals surface area (Å²) < 4.78 is 0. The lowest BCUT2D eigenvalue weighted by molar-refractivity contribution is 0.00546. The van der Waals surface area contributed by atoms with Crippen LogP contribution in [0.5, 0.6) is 0 Å². The number of guanidine groups is 1. The number of nitrogens with zero attached hydrogens (tertiary/aromatic N) is 2. The Morgan fingerprint density at radius 1 is 1.37 bits per heavy atom. The maximum atomic E-state index is 6.24. The van der Waals surface area contributed by atoms with Crippen LogP contribution in [-0.4, -0.2) is 29.0 Å². The molecule has 0 saturated heterocycles. The van der Waals surface area contributed by atoms with E-state index in [1.165, 1.54) is 19.3 Å². The van der Waals surface area contributed by atoms with Crippen molar-refractivity contribution in [3.63, 3.8) is 0 Å². The van der Waals surface area contributed by atoms with Crippen LogP contribution in [0.3, 0.4) is 0 Å². The SMILES string of the molecule is CCC(C)N1C(N)=NCC12CC(C)CCC2C(C)C. The molecular weight excluding hydrogens is 234 g/mol. The van der Waals surface area contributed by atoms with E-state index < -0.39 is 0 Å². The smallest absolute Gasteiger partial charge is 0.192 e. The molecule has 1 fully saturated rings. The third kappa shape index (κ3) is 2.36. The standard InChI is InChI=1S/C16H31N3/c1-6-13(5)19-15(17)18-10-16(19)9-12(4)7-8-14(16)11(2)3/h11-14H,6-10H2,1-5H3,(H2,17,18). The molecule has 4 atom stereocenters. The van der Waals surface area contributed by atoms with E-state index in [1.54, 1.807) is 0 Å². The van der Waals surface area contributed by atoms with Gasteiger partial charge in [-0.05, 0) is 43.9 Å². The zero-order valence-electron chi connectivity index (χ0n) is 13.3. The number of aliphatic imine (C=N–C) groups is 1. The van der Waals surface area contributed by atoms with Crippen molar-refractivity contribution in [2.45, 2.75) is 71.9 Å². The van der Waals surface area contributed by atoms with Crippen LogP contribution >= 0.6 is 0 Å². The van der Waals surface area contributed by atoms with Crippen molar-refractivity contribution in [3.05, 3.63) is 0 Å². The average Bonchev–Trinajstić information content (AvgIpc) is 2.65. The maximum Gasteiger partial charge on any atom is 0.192 e. The van der Waals surface area contributed by atoms with Crippen molar-refractivity contribution in [1.82, 2.24) is 4.90 Å². The highest BCUT2D eigenvalue weighted by atomic mass is 15.4. The van der Waals surface area contributed by atoms with Crippen LogP contribution in [0.1, 0.15) is 60.3 Å². The third-order valence-electron chi connectivity index (χ3n) is 5.44. The van der Waals surface area contributed by atoms with Crippen LogP contribution in [-0.2, 0) is 0 Å². The maximum absolute atomic E-state index is 6.24. The lowest BCUT2D eigenvalue weighted by Crippen LogP contribution is -2.62. The van der Waals surface area contributed by atoms with Crippen LogP contribution in [0.4, 0.5) is 0 Å². The second-order valence-corrected chi connectivity index (χ2v) is 7.14. The molecular formula is C16H31N3. The largest absolute Gasteiger partial charge is 0.370 e. The lowest BCUT2D eigenvalue weighted by Gasteiger charge is -2.53. The first-order chi connectivity index (χ1) is 8.92. The Morgan fingerprint density at radius 3 is 2.63 bits per heavy atom. The van der Waals surface area contributed by atoms with Gasteiger partial charge >= 0.3 is 0 Å². The minimum Gasteiger partial charge on any atom is -0.370 e. The van der Waals surface area contributed by atoms with Gasteiger partial charge in [-0.15, -0.1) is 0 Å². The molecule has 2 aliphatic rings. The Balaban J connectivity index is 2.35. The molecule has 1 saturated carbocycles. The molecule has 4 unspecified atom stereocenters. The molecule has 1 aliphatic heterocycles. The fraction of sp³-hybridized carbons (Fsp3) is 0.938. The number of hydrogen-bond acceptors (Lipinski definition) is 3. The first kappa shape index (κ1) is 14.7. The Labute approximate surface area is 118 Å². The zero-order valence-corrected chi connectivity index (χ0v) is 13.3. The highest BCUT2D eigenvalue weighted by molar-refractivity contribution is 5.81. The van der Waals surface area contributed by atoms with Crippen LogP contribution in [0.15, 0.2) is 4.99 Å². The Kier molecular flexibility index (Phi) is 4.12. The molecule has 0 bridgehead atoms. The van der Waals surface area contributed by atoms with Gasteiger partial charge in [0.15, 0.2) is 5.96 Å². The minimum atomic E-state index is 0.200. The van der Waals surface area contributed by atoms with E-state index in [9.17, 15) is 0 Å². The summed E-state index contributed by atoms with van der Waals surface area (Å²) in [5, 5.41) is 0. The molecule has 2 N–H and O–H groups in total. The summed E-state index contributed by atoms with van der Waals surface area (Å²) in [4.78, 5) is 7.13. The minimum absolute atomic E-state index is 0.200. The third-order valence-corrected chi connectivity index (χ3v) is 5.44. The van der Waals surface area contributed by atoms with Crippen molar-refractivity contribution in [1.29, 1.82) is 0 Å². The van der Waals surface area contributed by atoms with Crippen molar-refractivity contribution in [2.24, 2.45) is 28.5 Å². The summed E-state index contributed by atoms with van der Waals surface area (Å²) in [5.41, 5.74) is 6.44. The lowest BCUT2D eigenvalue weighted by atomic mass is 9.64. The summed E-state index contributed by atoms with van der Waals surface area (Å²) in [6.07, 6.45) is 5.08. The van der Waals surface area contributed by atoms with Gasteiger partial charge in [-0.3, -0.25) is 4.99 Å². The first-order valence-corrected chi connectivity index (χ1v) is 8.01. The average molecular weight is 265 g/mol. The van der Waals surface area contributed by atoms with E-state index in [0.717, 1.165) is 30.8 Å². The normalized spacial score (nSPS) is 36.9. The molecule has 110 valence electrons. The van der Waals surface area contributed by atoms with E-state index in [4.69, 9.17) is 5.73 Å². The highest BCUT2D eigenvalue weighted by Gasteiger charge is 2.52. The van der Waals surface area contributed by atoms with E-state index >= 15 is 0 Å². The molecule has 19 heavy (non-hydrogen) atoms. The van der Waals surface area contributed by atoms with E-state index in [1.807, 2.05) is 0 Å². The van der Waals surface area contributed by atoms with Gasteiger partial charge in [-0.2, -0.15) is 0 Å². The number of rotatable bonds is 3. The molecule has 1 spiro atoms. The fourth-order valence-electron chi connectivity index (χ4n) is 4.45. The summed E-state index contributed by atoms with van der Waals surface area (Å²) in [5.74, 6) is 3.01. The second-order valence-electron chi connectivity index (χ2n) is 7.14. The molecule has 1 aliphatic carbocycles. The summed E-state index contributed by atoms with van der Waals surface area (Å²) in [6, 6.07) is 0.498. The molecule has 0 amide bonds. The second kappa shape index (κ2) is 5.34. The summed E-state index contributed by atoms with van der Waals surface area (Å²) in [7, 11) is 0. The quantitative estimate of drug-likeness (QED) is 0.851. The molecule has 0 aromatic rings. The van der Waals surface area contributed by atoms with Crippen LogP contribution in [0.2, 0.25) is 0 Å². The van der Waals surface area contributed by atoms with E-state index in [0.29, 0.717) is 12.0 Å². The summed E-state index contributed by atoms with van der Waals surface area (Å²) in [6.45, 7) is 12.6. The van der Waals surface area contributed by atoms with E-state index in [2.05, 4.69) is 44.5 Å². The number of nitrogens with two attached hydrogens (primary N) is 1. The molecule has 0 aromatic carbocycles. The van der Waals surface area contributed by atoms with Crippen molar-refractivity contribution < 1.29 is 0 Å². The van der Waals surface area contributed by atoms with Gasteiger partial charge in [0, 0.05) is 6.04 Å². The number of hydrogen-bond donors (Lipinski definition) is 1. The van der Waals surface area contributed by atoms with Gasteiger partial charge in [0.05, 0.1) is 12.1 Å². The van der Waals surface area contributed by atoms with Gasteiger partial charge in [0.1, 0.15) is 0 Å². The van der Waals surface area contributed by atoms with Gasteiger partial charge in [-0.25, -0.2) is 0 Å². The van der Waals surface area contributed by atoms with Gasteiger partial charge in [0.25, 0.3) is 0 Å². The monoisotopic (exact) mass is 265 g/mol. The Morgan fingerprint density at radius 2 is 2.05 bits per heavy atom. The molecule has 2 rings (SSSR count). The molecule has 0 aromatic heterocycles. The molecule has 3 heteroatoms. The first-order valence-electron chi connectivity index (χ1n) is 8.01. The molecule has 1 heterocycles. The highest BCUT2D eigenvalue weighted by Crippen LogP contribution is 2.47. The molecule has 3 nitrogen and oxygen atoms in total. The van der Waals surface area contributed by atoms with Crippen molar-refractivity contribution in [2.75, 3.05) is 6.54 Å². The van der Waals surface area contributed by atoms with Crippen molar-refractivity contribution in [3.8, 4) is 0 Å². The zero-order chi connectivity index (χ0) is 14.2. The Hall–Kier alpha value is -0.730. The van der Waals surface area contributed by atoms with Gasteiger partial charge in [-0.1, -0.05) is 34.1 Å². The topological polar surface area (TPSA) is 41.6 Å². The van der Waals surface area contributed by atoms with Crippen LogP contribution < -0.4 is 5.73 Å². The Bertz CT molecular complexity index is 350. The fourth-order valence-corrected chi connectivity index (χ4v) is 4.45. The van der Waals surface area contributed by atoms with Crippen molar-refractivity contribution >= 4 is 5.96 Å². The molecule has 0 radical (unpaired) electrons. The van der Waals surface area contributed by atoms with Crippen LogP contribution in [0.25, 0.3) is 0 Å². The summed E-state index contributed by atoms with van der Waals surface area (Å²) >= 11 is 0. The van der Waals surface area contributed by atoms with Crippen LogP contribution in [0, 0.1) is 17.8 Å².